The van der Waals surface area contributed by atoms with Gasteiger partial charge in [0.15, 0.2) is 0 Å². The van der Waals surface area contributed by atoms with Gasteiger partial charge in [-0.05, 0) is 112 Å². The highest BCUT2D eigenvalue weighted by molar-refractivity contribution is 7.90. The van der Waals surface area contributed by atoms with Gasteiger partial charge in [0.05, 0.1) is 23.5 Å². The molecule has 10 heteroatoms. The van der Waals surface area contributed by atoms with Gasteiger partial charge in [-0.15, -0.1) is 0 Å². The quantitative estimate of drug-likeness (QED) is 0.262. The van der Waals surface area contributed by atoms with E-state index >= 15 is 0 Å². The molecule has 2 atom stereocenters. The first kappa shape index (κ1) is 33.8. The number of piperidine rings is 2. The van der Waals surface area contributed by atoms with Gasteiger partial charge in [-0.1, -0.05) is 44.6 Å². The second-order valence-electron chi connectivity index (χ2n) is 15.9. The van der Waals surface area contributed by atoms with Crippen molar-refractivity contribution in [3.8, 4) is 17.0 Å². The van der Waals surface area contributed by atoms with Crippen LogP contribution < -0.4 is 9.46 Å². The van der Waals surface area contributed by atoms with Crippen LogP contribution in [0, 0.1) is 5.41 Å². The Hall–Kier alpha value is -3.37. The van der Waals surface area contributed by atoms with Gasteiger partial charge in [-0.2, -0.15) is 0 Å². The number of rotatable bonds is 9. The molecular weight excluding hydrogens is 649 g/mol. The first-order valence-corrected chi connectivity index (χ1v) is 20.6. The van der Waals surface area contributed by atoms with Crippen molar-refractivity contribution in [2.24, 2.45) is 5.41 Å². The maximum Gasteiger partial charge on any atom is 0.264 e. The molecule has 3 saturated carbocycles. The van der Waals surface area contributed by atoms with Crippen LogP contribution in [0.4, 0.5) is 0 Å². The van der Waals surface area contributed by atoms with Crippen LogP contribution in [0.3, 0.4) is 0 Å². The number of ether oxygens (including phenoxy) is 1. The van der Waals surface area contributed by atoms with E-state index in [1.165, 1.54) is 24.8 Å². The van der Waals surface area contributed by atoms with Crippen molar-refractivity contribution < 1.29 is 22.7 Å². The number of fused-ring (bicyclic) bond motifs is 4. The molecule has 9 nitrogen and oxygen atoms in total. The van der Waals surface area contributed by atoms with E-state index < -0.39 is 26.6 Å². The molecule has 6 aliphatic rings. The molecule has 2 aromatic carbocycles. The minimum atomic E-state index is -3.79. The number of nitrogens with zero attached hydrogens (tertiary/aromatic N) is 3. The van der Waals surface area contributed by atoms with Crippen molar-refractivity contribution in [3.05, 3.63) is 53.6 Å². The van der Waals surface area contributed by atoms with Gasteiger partial charge in [0, 0.05) is 48.2 Å². The standard InChI is InChI=1S/C40H52N4O5S/c1-42-24-31-17-16-30(42)25-43(31)39(46)40(21-22-40)26-44-35-23-29(38(45)41-50(47,48)33-11-7-4-8-12-33)15-20-34(35)36(27-9-5-3-6-10-27)37(44)28-13-18-32(49-2)19-14-28/h13-15,18-20,23,27,30-31,33H,3-12,16-17,21-22,24-26H2,1-2H3,(H,41,45). The van der Waals surface area contributed by atoms with Crippen LogP contribution in [0.5, 0.6) is 5.75 Å². The van der Waals surface area contributed by atoms with E-state index in [2.05, 4.69) is 38.3 Å². The van der Waals surface area contributed by atoms with E-state index in [4.69, 9.17) is 4.74 Å². The molecule has 268 valence electrons. The van der Waals surface area contributed by atoms with Crippen LogP contribution >= 0.6 is 0 Å². The van der Waals surface area contributed by atoms with Gasteiger partial charge in [0.1, 0.15) is 5.75 Å². The summed E-state index contributed by atoms with van der Waals surface area (Å²) in [6.45, 7) is 2.27. The molecular formula is C40H52N4O5S. The van der Waals surface area contributed by atoms with Crippen molar-refractivity contribution >= 4 is 32.7 Å². The summed E-state index contributed by atoms with van der Waals surface area (Å²) in [5.41, 5.74) is 4.21. The molecule has 3 aliphatic heterocycles. The number of methoxy groups -OCH3 is 1. The lowest BCUT2D eigenvalue weighted by molar-refractivity contribution is -0.147. The lowest BCUT2D eigenvalue weighted by Crippen LogP contribution is -2.64. The summed E-state index contributed by atoms with van der Waals surface area (Å²) in [4.78, 5) is 32.9. The Morgan fingerprint density at radius 2 is 1.54 bits per heavy atom. The second-order valence-corrected chi connectivity index (χ2v) is 17.9. The third kappa shape index (κ3) is 6.14. The fourth-order valence-electron chi connectivity index (χ4n) is 9.68. The third-order valence-electron chi connectivity index (χ3n) is 12.8. The van der Waals surface area contributed by atoms with E-state index in [0.717, 1.165) is 98.8 Å². The van der Waals surface area contributed by atoms with Gasteiger partial charge in [-0.25, -0.2) is 13.1 Å². The van der Waals surface area contributed by atoms with Crippen LogP contribution in [-0.2, 0) is 21.4 Å². The number of hydrogen-bond donors (Lipinski definition) is 1. The van der Waals surface area contributed by atoms with Gasteiger partial charge < -0.3 is 14.2 Å². The number of carbonyl (C=O) groups is 2. The highest BCUT2D eigenvalue weighted by atomic mass is 32.2. The van der Waals surface area contributed by atoms with Gasteiger partial charge in [0.2, 0.25) is 15.9 Å². The number of hydrogen-bond acceptors (Lipinski definition) is 6. The Morgan fingerprint density at radius 3 is 2.16 bits per heavy atom. The van der Waals surface area contributed by atoms with E-state index in [-0.39, 0.29) is 11.9 Å². The fourth-order valence-corrected chi connectivity index (χ4v) is 11.2. The zero-order valence-electron chi connectivity index (χ0n) is 29.7. The molecule has 0 spiro atoms. The van der Waals surface area contributed by atoms with E-state index in [1.54, 1.807) is 13.2 Å². The van der Waals surface area contributed by atoms with Crippen LogP contribution in [0.15, 0.2) is 42.5 Å². The molecule has 50 heavy (non-hydrogen) atoms. The monoisotopic (exact) mass is 700 g/mol. The van der Waals surface area contributed by atoms with Crippen LogP contribution in [0.25, 0.3) is 22.2 Å². The van der Waals surface area contributed by atoms with Crippen molar-refractivity contribution in [2.75, 3.05) is 27.2 Å². The van der Waals surface area contributed by atoms with Crippen molar-refractivity contribution in [1.29, 1.82) is 0 Å². The summed E-state index contributed by atoms with van der Waals surface area (Å²) in [6.07, 6.45) is 13.6. The molecule has 0 radical (unpaired) electrons. The smallest absolute Gasteiger partial charge is 0.264 e. The summed E-state index contributed by atoms with van der Waals surface area (Å²) < 4.78 is 36.9. The molecule has 2 bridgehead atoms. The van der Waals surface area contributed by atoms with Crippen molar-refractivity contribution in [1.82, 2.24) is 19.1 Å². The molecule has 2 amide bonds. The molecule has 3 aromatic rings. The summed E-state index contributed by atoms with van der Waals surface area (Å²) >= 11 is 0. The Labute approximate surface area is 296 Å². The highest BCUT2D eigenvalue weighted by Gasteiger charge is 2.55. The molecule has 4 heterocycles. The Balaban J connectivity index is 1.23. The van der Waals surface area contributed by atoms with Gasteiger partial charge in [0.25, 0.3) is 5.91 Å². The number of nitrogens with one attached hydrogen (secondary N) is 1. The summed E-state index contributed by atoms with van der Waals surface area (Å²) in [5, 5.41) is 0.564. The van der Waals surface area contributed by atoms with Crippen LogP contribution in [0.2, 0.25) is 0 Å². The number of piperazine rings is 1. The van der Waals surface area contributed by atoms with Crippen LogP contribution in [0.1, 0.15) is 112 Å². The Morgan fingerprint density at radius 1 is 0.860 bits per heavy atom. The first-order valence-electron chi connectivity index (χ1n) is 19.1. The summed E-state index contributed by atoms with van der Waals surface area (Å²) in [7, 11) is 0.0683. The Kier molecular flexibility index (Phi) is 8.99. The maximum absolute atomic E-state index is 14.6. The summed E-state index contributed by atoms with van der Waals surface area (Å²) in [6, 6.07) is 14.6. The zero-order chi connectivity index (χ0) is 34.6. The number of benzene rings is 2. The predicted octanol–water partition coefficient (Wildman–Crippen LogP) is 6.84. The lowest BCUT2D eigenvalue weighted by Gasteiger charge is -2.51. The fraction of sp³-hybridized carbons (Fsp3) is 0.600. The minimum Gasteiger partial charge on any atom is -0.497 e. The van der Waals surface area contributed by atoms with Crippen LogP contribution in [-0.4, -0.2) is 79.2 Å². The molecule has 2 unspecified atom stereocenters. The zero-order valence-corrected chi connectivity index (χ0v) is 30.5. The summed E-state index contributed by atoms with van der Waals surface area (Å²) in [5.74, 6) is 0.832. The topological polar surface area (TPSA) is 101 Å². The predicted molar refractivity (Wildman–Crippen MR) is 196 cm³/mol. The molecule has 3 aliphatic carbocycles. The average Bonchev–Trinajstić information content (AvgIpc) is 3.87. The SMILES string of the molecule is COc1ccc(-c2c(C3CCCCC3)c3ccc(C(=O)NS(=O)(=O)C4CCCCC4)cc3n2CC2(C(=O)N3CC4CCC3CN4C)CC2)cc1. The second kappa shape index (κ2) is 13.3. The van der Waals surface area contributed by atoms with E-state index in [1.807, 2.05) is 24.3 Å². The number of amides is 2. The number of sulfonamides is 1. The first-order chi connectivity index (χ1) is 24.2. The lowest BCUT2D eigenvalue weighted by atomic mass is 9.81. The molecule has 6 fully saturated rings. The largest absolute Gasteiger partial charge is 0.497 e. The maximum atomic E-state index is 14.6. The molecule has 1 aromatic heterocycles. The molecule has 9 rings (SSSR count). The molecule has 1 N–H and O–H groups in total. The minimum absolute atomic E-state index is 0.261. The van der Waals surface area contributed by atoms with Crippen molar-refractivity contribution in [3.63, 3.8) is 0 Å². The van der Waals surface area contributed by atoms with Gasteiger partial charge >= 0.3 is 0 Å². The average molecular weight is 701 g/mol. The van der Waals surface area contributed by atoms with Crippen molar-refractivity contribution in [2.45, 2.75) is 120 Å². The number of aromatic nitrogens is 1. The molecule has 3 saturated heterocycles. The Bertz CT molecular complexity index is 1870. The normalized spacial score (nSPS) is 24.4. The van der Waals surface area contributed by atoms with E-state index in [9.17, 15) is 18.0 Å². The number of carbonyl (C=O) groups excluding carboxylic acids is 2. The van der Waals surface area contributed by atoms with E-state index in [0.29, 0.717) is 36.9 Å². The number of likely N-dealkylation sites (N-methyl/N-ethyl adjacent to an activating group) is 1. The van der Waals surface area contributed by atoms with Gasteiger partial charge in [-0.3, -0.25) is 14.5 Å². The highest BCUT2D eigenvalue weighted by Crippen LogP contribution is 2.53. The third-order valence-corrected chi connectivity index (χ3v) is 14.6.